The van der Waals surface area contributed by atoms with E-state index in [0.29, 0.717) is 0 Å². The molecule has 1 aliphatic rings. The number of aryl methyl sites for hydroxylation is 2. The van der Waals surface area contributed by atoms with Crippen molar-refractivity contribution in [2.45, 2.75) is 33.2 Å². The van der Waals surface area contributed by atoms with Gasteiger partial charge in [-0.1, -0.05) is 23.8 Å². The molecule has 1 fully saturated rings. The molecule has 1 aliphatic carbocycles. The number of aliphatic carboxylic acids is 1. The summed E-state index contributed by atoms with van der Waals surface area (Å²) in [6.07, 6.45) is 2.51. The van der Waals surface area contributed by atoms with Crippen LogP contribution in [-0.2, 0) is 11.3 Å². The third kappa shape index (κ3) is 3.84. The highest BCUT2D eigenvalue weighted by Gasteiger charge is 2.25. The number of hydrogen-bond donors (Lipinski definition) is 1. The second-order valence-electron chi connectivity index (χ2n) is 5.44. The smallest absolute Gasteiger partial charge is 0.317 e. The van der Waals surface area contributed by atoms with E-state index in [4.69, 9.17) is 5.11 Å². The van der Waals surface area contributed by atoms with E-state index in [1.54, 1.807) is 0 Å². The van der Waals surface area contributed by atoms with Crippen molar-refractivity contribution in [1.82, 2.24) is 4.90 Å². The van der Waals surface area contributed by atoms with E-state index < -0.39 is 5.97 Å². The fraction of sp³-hybridized carbons (Fsp3) is 0.533. The summed E-state index contributed by atoms with van der Waals surface area (Å²) in [7, 11) is 0. The lowest BCUT2D eigenvalue weighted by molar-refractivity contribution is -0.138. The Morgan fingerprint density at radius 2 is 2.11 bits per heavy atom. The van der Waals surface area contributed by atoms with Crippen molar-refractivity contribution in [2.75, 3.05) is 13.1 Å². The number of rotatable bonds is 6. The molecule has 0 saturated heterocycles. The van der Waals surface area contributed by atoms with Crippen molar-refractivity contribution in [3.8, 4) is 0 Å². The molecule has 0 bridgehead atoms. The van der Waals surface area contributed by atoms with Gasteiger partial charge in [-0.05, 0) is 43.7 Å². The van der Waals surface area contributed by atoms with Gasteiger partial charge < -0.3 is 5.11 Å². The minimum Gasteiger partial charge on any atom is -0.480 e. The van der Waals surface area contributed by atoms with Gasteiger partial charge in [-0.15, -0.1) is 0 Å². The number of benzene rings is 1. The minimum atomic E-state index is -0.735. The number of carbonyl (C=O) groups is 1. The predicted octanol–water partition coefficient (Wildman–Crippen LogP) is 2.60. The van der Waals surface area contributed by atoms with E-state index in [1.165, 1.54) is 29.5 Å². The summed E-state index contributed by atoms with van der Waals surface area (Å²) in [5, 5.41) is 8.98. The summed E-state index contributed by atoms with van der Waals surface area (Å²) >= 11 is 0. The number of carboxylic acid groups (broad SMARTS) is 1. The van der Waals surface area contributed by atoms with Gasteiger partial charge in [0.05, 0.1) is 6.54 Å². The van der Waals surface area contributed by atoms with Crippen molar-refractivity contribution in [2.24, 2.45) is 5.92 Å². The molecular formula is C15H21NO2. The molecule has 1 N–H and O–H groups in total. The zero-order valence-corrected chi connectivity index (χ0v) is 11.1. The SMILES string of the molecule is Cc1ccc(C)c(CN(CC(=O)O)CC2CC2)c1. The van der Waals surface area contributed by atoms with Gasteiger partial charge in [0.15, 0.2) is 0 Å². The normalized spacial score (nSPS) is 15.1. The fourth-order valence-electron chi connectivity index (χ4n) is 2.25. The highest BCUT2D eigenvalue weighted by molar-refractivity contribution is 5.69. The Labute approximate surface area is 108 Å². The quantitative estimate of drug-likeness (QED) is 0.840. The van der Waals surface area contributed by atoms with Crippen molar-refractivity contribution in [1.29, 1.82) is 0 Å². The summed E-state index contributed by atoms with van der Waals surface area (Å²) in [6.45, 7) is 5.97. The van der Waals surface area contributed by atoms with Gasteiger partial charge in [-0.3, -0.25) is 9.69 Å². The van der Waals surface area contributed by atoms with Gasteiger partial charge in [0.1, 0.15) is 0 Å². The summed E-state index contributed by atoms with van der Waals surface area (Å²) in [6, 6.07) is 6.37. The van der Waals surface area contributed by atoms with Crippen molar-refractivity contribution in [3.05, 3.63) is 34.9 Å². The highest BCUT2D eigenvalue weighted by atomic mass is 16.4. The molecule has 0 atom stereocenters. The van der Waals surface area contributed by atoms with E-state index in [-0.39, 0.29) is 6.54 Å². The Hall–Kier alpha value is -1.35. The minimum absolute atomic E-state index is 0.143. The maximum absolute atomic E-state index is 10.9. The molecule has 0 heterocycles. The topological polar surface area (TPSA) is 40.5 Å². The van der Waals surface area contributed by atoms with Crippen LogP contribution in [0.15, 0.2) is 18.2 Å². The van der Waals surface area contributed by atoms with Gasteiger partial charge in [0.25, 0.3) is 0 Å². The van der Waals surface area contributed by atoms with Crippen LogP contribution in [0.5, 0.6) is 0 Å². The fourth-order valence-corrected chi connectivity index (χ4v) is 2.25. The molecule has 2 rings (SSSR count). The van der Waals surface area contributed by atoms with E-state index in [1.807, 2.05) is 0 Å². The third-order valence-electron chi connectivity index (χ3n) is 3.47. The lowest BCUT2D eigenvalue weighted by Crippen LogP contribution is -2.31. The van der Waals surface area contributed by atoms with E-state index in [0.717, 1.165) is 19.0 Å². The Balaban J connectivity index is 2.05. The standard InChI is InChI=1S/C15H21NO2/c1-11-3-4-12(2)14(7-11)9-16(10-15(17)18)8-13-5-6-13/h3-4,7,13H,5-6,8-10H2,1-2H3,(H,17,18). The van der Waals surface area contributed by atoms with Crippen LogP contribution in [-0.4, -0.2) is 29.1 Å². The molecule has 1 aromatic rings. The van der Waals surface area contributed by atoms with E-state index in [2.05, 4.69) is 36.9 Å². The lowest BCUT2D eigenvalue weighted by Gasteiger charge is -2.21. The second kappa shape index (κ2) is 5.53. The molecule has 98 valence electrons. The zero-order chi connectivity index (χ0) is 13.1. The first-order chi connectivity index (χ1) is 8.54. The number of carboxylic acids is 1. The van der Waals surface area contributed by atoms with Crippen molar-refractivity contribution in [3.63, 3.8) is 0 Å². The Morgan fingerprint density at radius 1 is 1.39 bits per heavy atom. The van der Waals surface area contributed by atoms with Gasteiger partial charge >= 0.3 is 5.97 Å². The molecular weight excluding hydrogens is 226 g/mol. The number of hydrogen-bond acceptors (Lipinski definition) is 2. The Kier molecular flexibility index (Phi) is 4.02. The summed E-state index contributed by atoms with van der Waals surface area (Å²) in [5.41, 5.74) is 3.72. The van der Waals surface area contributed by atoms with Crippen LogP contribution in [0.25, 0.3) is 0 Å². The molecule has 18 heavy (non-hydrogen) atoms. The van der Waals surface area contributed by atoms with Gasteiger partial charge in [-0.25, -0.2) is 0 Å². The molecule has 3 nitrogen and oxygen atoms in total. The summed E-state index contributed by atoms with van der Waals surface area (Å²) in [4.78, 5) is 13.0. The van der Waals surface area contributed by atoms with Crippen LogP contribution >= 0.6 is 0 Å². The van der Waals surface area contributed by atoms with Crippen molar-refractivity contribution >= 4 is 5.97 Å². The van der Waals surface area contributed by atoms with Crippen LogP contribution < -0.4 is 0 Å². The maximum atomic E-state index is 10.9. The average Bonchev–Trinajstić information content (AvgIpc) is 3.06. The van der Waals surface area contributed by atoms with E-state index >= 15 is 0 Å². The Bertz CT molecular complexity index is 438. The predicted molar refractivity (Wildman–Crippen MR) is 71.6 cm³/mol. The first kappa shape index (κ1) is 13.1. The summed E-state index contributed by atoms with van der Waals surface area (Å²) < 4.78 is 0. The van der Waals surface area contributed by atoms with Crippen LogP contribution in [0.4, 0.5) is 0 Å². The van der Waals surface area contributed by atoms with Crippen LogP contribution in [0.1, 0.15) is 29.5 Å². The maximum Gasteiger partial charge on any atom is 0.317 e. The molecule has 0 amide bonds. The molecule has 0 unspecified atom stereocenters. The molecule has 3 heteroatoms. The van der Waals surface area contributed by atoms with Gasteiger partial charge in [0.2, 0.25) is 0 Å². The van der Waals surface area contributed by atoms with Gasteiger partial charge in [-0.2, -0.15) is 0 Å². The molecule has 0 aromatic heterocycles. The summed E-state index contributed by atoms with van der Waals surface area (Å²) in [5.74, 6) is -0.0181. The Morgan fingerprint density at radius 3 is 2.72 bits per heavy atom. The molecule has 0 aliphatic heterocycles. The van der Waals surface area contributed by atoms with Crippen LogP contribution in [0.3, 0.4) is 0 Å². The average molecular weight is 247 g/mol. The van der Waals surface area contributed by atoms with Crippen LogP contribution in [0, 0.1) is 19.8 Å². The molecule has 0 spiro atoms. The largest absolute Gasteiger partial charge is 0.480 e. The third-order valence-corrected chi connectivity index (χ3v) is 3.47. The van der Waals surface area contributed by atoms with Crippen LogP contribution in [0.2, 0.25) is 0 Å². The first-order valence-corrected chi connectivity index (χ1v) is 6.55. The second-order valence-corrected chi connectivity index (χ2v) is 5.44. The molecule has 1 saturated carbocycles. The molecule has 0 radical (unpaired) electrons. The highest BCUT2D eigenvalue weighted by Crippen LogP contribution is 2.30. The molecule has 1 aromatic carbocycles. The van der Waals surface area contributed by atoms with Crippen molar-refractivity contribution < 1.29 is 9.90 Å². The van der Waals surface area contributed by atoms with E-state index in [9.17, 15) is 4.79 Å². The number of nitrogens with zero attached hydrogens (tertiary/aromatic N) is 1. The zero-order valence-electron chi connectivity index (χ0n) is 11.1. The monoisotopic (exact) mass is 247 g/mol. The van der Waals surface area contributed by atoms with Gasteiger partial charge in [0, 0.05) is 13.1 Å². The lowest BCUT2D eigenvalue weighted by atomic mass is 10.1. The first-order valence-electron chi connectivity index (χ1n) is 6.55.